The first kappa shape index (κ1) is 14.3. The monoisotopic (exact) mass is 294 g/mol. The highest BCUT2D eigenvalue weighted by atomic mass is 35.5. The molecule has 3 nitrogen and oxygen atoms in total. The Morgan fingerprint density at radius 2 is 1.70 bits per heavy atom. The highest BCUT2D eigenvalue weighted by Crippen LogP contribution is 2.37. The van der Waals surface area contributed by atoms with Gasteiger partial charge >= 0.3 is 0 Å². The van der Waals surface area contributed by atoms with Crippen molar-refractivity contribution in [3.05, 3.63) is 46.7 Å². The molecule has 0 saturated carbocycles. The Labute approximate surface area is 120 Å². The Hall–Kier alpha value is -2.07. The summed E-state index contributed by atoms with van der Waals surface area (Å²) in [6.45, 7) is 0. The van der Waals surface area contributed by atoms with Gasteiger partial charge in [0.25, 0.3) is 0 Å². The number of carbonyl (C=O) groups is 1. The number of hydrogen-bond acceptors (Lipinski definition) is 3. The molecule has 0 aliphatic carbocycles. The fourth-order valence-electron chi connectivity index (χ4n) is 1.93. The van der Waals surface area contributed by atoms with E-state index in [-0.39, 0.29) is 0 Å². The van der Waals surface area contributed by atoms with Crippen molar-refractivity contribution in [2.45, 2.75) is 0 Å². The van der Waals surface area contributed by atoms with Crippen LogP contribution in [0.1, 0.15) is 10.4 Å². The molecule has 0 atom stereocenters. The molecule has 0 heterocycles. The lowest BCUT2D eigenvalue weighted by Gasteiger charge is -2.13. The summed E-state index contributed by atoms with van der Waals surface area (Å²) in [5.74, 6) is 0.426. The third kappa shape index (κ3) is 2.60. The normalized spacial score (nSPS) is 10.2. The predicted octanol–water partition coefficient (Wildman–Crippen LogP) is 3.98. The molecule has 0 aliphatic heterocycles. The van der Waals surface area contributed by atoms with Crippen LogP contribution in [-0.2, 0) is 0 Å². The summed E-state index contributed by atoms with van der Waals surface area (Å²) in [6, 6.07) is 7.10. The van der Waals surface area contributed by atoms with Gasteiger partial charge in [-0.05, 0) is 35.9 Å². The van der Waals surface area contributed by atoms with E-state index in [0.29, 0.717) is 39.5 Å². The maximum atomic E-state index is 13.4. The summed E-state index contributed by atoms with van der Waals surface area (Å²) < 4.78 is 23.7. The quantitative estimate of drug-likeness (QED) is 0.800. The predicted molar refractivity (Wildman–Crippen MR) is 75.3 cm³/mol. The zero-order chi connectivity index (χ0) is 14.7. The van der Waals surface area contributed by atoms with E-state index >= 15 is 0 Å². The SMILES string of the molecule is COc1cc(C=O)c(-c2cc(F)ccc2Cl)cc1OC. The molecule has 0 aliphatic rings. The van der Waals surface area contributed by atoms with Gasteiger partial charge < -0.3 is 9.47 Å². The average Bonchev–Trinajstić information content (AvgIpc) is 2.48. The largest absolute Gasteiger partial charge is 0.493 e. The standard InChI is InChI=1S/C15H12ClFO3/c1-19-14-5-9(8-18)11(7-15(14)20-2)12-6-10(17)3-4-13(12)16/h3-8H,1-2H3. The maximum absolute atomic E-state index is 13.4. The van der Waals surface area contributed by atoms with Crippen molar-refractivity contribution in [2.75, 3.05) is 14.2 Å². The zero-order valence-electron chi connectivity index (χ0n) is 10.9. The summed E-state index contributed by atoms with van der Waals surface area (Å²) in [5.41, 5.74) is 1.26. The van der Waals surface area contributed by atoms with Gasteiger partial charge in [-0.15, -0.1) is 0 Å². The Bertz CT molecular complexity index is 656. The van der Waals surface area contributed by atoms with Gasteiger partial charge in [0.2, 0.25) is 0 Å². The van der Waals surface area contributed by atoms with Gasteiger partial charge in [-0.3, -0.25) is 4.79 Å². The third-order valence-corrected chi connectivity index (χ3v) is 3.23. The minimum atomic E-state index is -0.434. The first-order valence-electron chi connectivity index (χ1n) is 5.77. The van der Waals surface area contributed by atoms with Crippen molar-refractivity contribution in [1.82, 2.24) is 0 Å². The van der Waals surface area contributed by atoms with Crippen molar-refractivity contribution in [3.8, 4) is 22.6 Å². The molecule has 0 unspecified atom stereocenters. The molecule has 0 amide bonds. The highest BCUT2D eigenvalue weighted by Gasteiger charge is 2.15. The number of aldehydes is 1. The molecule has 0 radical (unpaired) electrons. The topological polar surface area (TPSA) is 35.5 Å². The summed E-state index contributed by atoms with van der Waals surface area (Å²) in [4.78, 5) is 11.2. The molecule has 5 heteroatoms. The van der Waals surface area contributed by atoms with Gasteiger partial charge in [-0.25, -0.2) is 4.39 Å². The summed E-state index contributed by atoms with van der Waals surface area (Å²) in [6.07, 6.45) is 0.665. The third-order valence-electron chi connectivity index (χ3n) is 2.90. The van der Waals surface area contributed by atoms with Gasteiger partial charge in [-0.2, -0.15) is 0 Å². The molecule has 0 aromatic heterocycles. The van der Waals surface area contributed by atoms with Gasteiger partial charge in [0.15, 0.2) is 17.8 Å². The van der Waals surface area contributed by atoms with E-state index in [9.17, 15) is 9.18 Å². The fraction of sp³-hybridized carbons (Fsp3) is 0.133. The molecule has 0 N–H and O–H groups in total. The van der Waals surface area contributed by atoms with E-state index in [1.54, 1.807) is 6.07 Å². The second kappa shape index (κ2) is 5.92. The van der Waals surface area contributed by atoms with E-state index < -0.39 is 5.82 Å². The van der Waals surface area contributed by atoms with Crippen molar-refractivity contribution >= 4 is 17.9 Å². The van der Waals surface area contributed by atoms with Crippen molar-refractivity contribution in [2.24, 2.45) is 0 Å². The lowest BCUT2D eigenvalue weighted by Crippen LogP contribution is -1.96. The molecular weight excluding hydrogens is 283 g/mol. The molecule has 0 spiro atoms. The van der Waals surface area contributed by atoms with Crippen LogP contribution in [0.25, 0.3) is 11.1 Å². The van der Waals surface area contributed by atoms with Crippen LogP contribution < -0.4 is 9.47 Å². The van der Waals surface area contributed by atoms with Gasteiger partial charge in [-0.1, -0.05) is 11.6 Å². The molecule has 2 rings (SSSR count). The number of ether oxygens (including phenoxy) is 2. The first-order valence-corrected chi connectivity index (χ1v) is 6.15. The lowest BCUT2D eigenvalue weighted by molar-refractivity contribution is 0.112. The second-order valence-corrected chi connectivity index (χ2v) is 4.44. The number of benzene rings is 2. The van der Waals surface area contributed by atoms with E-state index in [1.807, 2.05) is 0 Å². The molecule has 2 aromatic carbocycles. The van der Waals surface area contributed by atoms with Crippen LogP contribution >= 0.6 is 11.6 Å². The number of methoxy groups -OCH3 is 2. The van der Waals surface area contributed by atoms with Gasteiger partial charge in [0.05, 0.1) is 14.2 Å². The average molecular weight is 295 g/mol. The smallest absolute Gasteiger partial charge is 0.161 e. The van der Waals surface area contributed by atoms with Crippen LogP contribution in [0.5, 0.6) is 11.5 Å². The van der Waals surface area contributed by atoms with Gasteiger partial charge in [0.1, 0.15) is 5.82 Å². The fourth-order valence-corrected chi connectivity index (χ4v) is 2.15. The van der Waals surface area contributed by atoms with Crippen molar-refractivity contribution in [3.63, 3.8) is 0 Å². The molecule has 104 valence electrons. The zero-order valence-corrected chi connectivity index (χ0v) is 11.7. The second-order valence-electron chi connectivity index (χ2n) is 4.04. The summed E-state index contributed by atoms with van der Waals surface area (Å²) >= 11 is 6.07. The van der Waals surface area contributed by atoms with Crippen LogP contribution in [0.4, 0.5) is 4.39 Å². The number of rotatable bonds is 4. The number of hydrogen-bond donors (Lipinski definition) is 0. The van der Waals surface area contributed by atoms with Crippen molar-refractivity contribution < 1.29 is 18.7 Å². The van der Waals surface area contributed by atoms with Gasteiger partial charge in [0, 0.05) is 16.1 Å². The minimum absolute atomic E-state index is 0.343. The Kier molecular flexibility index (Phi) is 4.25. The van der Waals surface area contributed by atoms with E-state index in [4.69, 9.17) is 21.1 Å². The number of halogens is 2. The van der Waals surface area contributed by atoms with E-state index in [2.05, 4.69) is 0 Å². The Morgan fingerprint density at radius 3 is 2.30 bits per heavy atom. The maximum Gasteiger partial charge on any atom is 0.161 e. The first-order chi connectivity index (χ1) is 9.60. The molecule has 20 heavy (non-hydrogen) atoms. The lowest BCUT2D eigenvalue weighted by atomic mass is 9.99. The molecule has 0 saturated heterocycles. The summed E-state index contributed by atoms with van der Waals surface area (Å²) in [5, 5.41) is 0.349. The van der Waals surface area contributed by atoms with E-state index in [1.165, 1.54) is 38.5 Å². The molecule has 0 fully saturated rings. The molecular formula is C15H12ClFO3. The van der Waals surface area contributed by atoms with Crippen molar-refractivity contribution in [1.29, 1.82) is 0 Å². The minimum Gasteiger partial charge on any atom is -0.493 e. The Balaban J connectivity index is 2.72. The van der Waals surface area contributed by atoms with Crippen LogP contribution in [0.2, 0.25) is 5.02 Å². The number of carbonyl (C=O) groups excluding carboxylic acids is 1. The summed E-state index contributed by atoms with van der Waals surface area (Å²) in [7, 11) is 2.96. The van der Waals surface area contributed by atoms with E-state index in [0.717, 1.165) is 0 Å². The van der Waals surface area contributed by atoms with Crippen LogP contribution in [0.15, 0.2) is 30.3 Å². The highest BCUT2D eigenvalue weighted by molar-refractivity contribution is 6.33. The molecule has 2 aromatic rings. The van der Waals surface area contributed by atoms with Crippen LogP contribution in [0, 0.1) is 5.82 Å². The Morgan fingerprint density at radius 1 is 1.05 bits per heavy atom. The van der Waals surface area contributed by atoms with Crippen LogP contribution in [-0.4, -0.2) is 20.5 Å². The van der Waals surface area contributed by atoms with Crippen LogP contribution in [0.3, 0.4) is 0 Å². The molecule has 0 bridgehead atoms.